The summed E-state index contributed by atoms with van der Waals surface area (Å²) in [6, 6.07) is 6.74. The van der Waals surface area contributed by atoms with Crippen LogP contribution in [0.5, 0.6) is 0 Å². The van der Waals surface area contributed by atoms with Gasteiger partial charge in [0.1, 0.15) is 6.54 Å². The van der Waals surface area contributed by atoms with Crippen LogP contribution in [-0.2, 0) is 9.53 Å². The maximum absolute atomic E-state index is 11.3. The van der Waals surface area contributed by atoms with E-state index in [1.54, 1.807) is 38.1 Å². The van der Waals surface area contributed by atoms with E-state index in [1.165, 1.54) is 0 Å². The molecule has 0 fully saturated rings. The molecule has 17 heavy (non-hydrogen) atoms. The number of amides is 1. The quantitative estimate of drug-likeness (QED) is 0.751. The van der Waals surface area contributed by atoms with Gasteiger partial charge in [-0.1, -0.05) is 12.1 Å². The number of benzene rings is 1. The van der Waals surface area contributed by atoms with Crippen LogP contribution in [-0.4, -0.2) is 24.5 Å². The van der Waals surface area contributed by atoms with Gasteiger partial charge in [-0.2, -0.15) is 0 Å². The van der Waals surface area contributed by atoms with Crippen LogP contribution in [0, 0.1) is 0 Å². The first-order valence-electron chi connectivity index (χ1n) is 5.33. The molecule has 92 valence electrons. The molecule has 0 spiro atoms. The Hall–Kier alpha value is -2.04. The number of nitrogens with two attached hydrogens (primary N) is 1. The van der Waals surface area contributed by atoms with Gasteiger partial charge in [-0.25, -0.2) is 0 Å². The number of carbonyl (C=O) groups is 2. The number of hydrogen-bond acceptors (Lipinski definition) is 4. The molecule has 0 unspecified atom stereocenters. The Morgan fingerprint density at radius 2 is 2.00 bits per heavy atom. The summed E-state index contributed by atoms with van der Waals surface area (Å²) in [5, 5.41) is 2.82. The Kier molecular flexibility index (Phi) is 4.51. The molecule has 1 aromatic rings. The fourth-order valence-corrected chi connectivity index (χ4v) is 1.32. The van der Waals surface area contributed by atoms with E-state index in [1.807, 2.05) is 0 Å². The topological polar surface area (TPSA) is 81.4 Å². The van der Waals surface area contributed by atoms with Crippen LogP contribution in [0.25, 0.3) is 0 Å². The Bertz CT molecular complexity index is 416. The molecule has 0 bridgehead atoms. The van der Waals surface area contributed by atoms with E-state index in [2.05, 4.69) is 5.32 Å². The third kappa shape index (κ3) is 4.14. The molecule has 0 saturated carbocycles. The standard InChI is InChI=1S/C12H16N2O3/c1-8(2)17-11(15)7-14-10-6-4-3-5-9(10)12(13)16/h3-6,8,14H,7H2,1-2H3,(H2,13,16). The van der Waals surface area contributed by atoms with E-state index in [9.17, 15) is 9.59 Å². The maximum atomic E-state index is 11.3. The maximum Gasteiger partial charge on any atom is 0.325 e. The average Bonchev–Trinajstić information content (AvgIpc) is 2.25. The second-order valence-electron chi connectivity index (χ2n) is 3.80. The monoisotopic (exact) mass is 236 g/mol. The molecule has 0 atom stereocenters. The largest absolute Gasteiger partial charge is 0.462 e. The number of hydrogen-bond donors (Lipinski definition) is 2. The highest BCUT2D eigenvalue weighted by Crippen LogP contribution is 2.13. The lowest BCUT2D eigenvalue weighted by Crippen LogP contribution is -2.22. The normalized spacial score (nSPS) is 10.1. The van der Waals surface area contributed by atoms with Gasteiger partial charge in [0.2, 0.25) is 0 Å². The molecular formula is C12H16N2O3. The fraction of sp³-hybridized carbons (Fsp3) is 0.333. The zero-order valence-corrected chi connectivity index (χ0v) is 9.90. The van der Waals surface area contributed by atoms with Gasteiger partial charge in [0.05, 0.1) is 11.7 Å². The van der Waals surface area contributed by atoms with Crippen molar-refractivity contribution in [2.75, 3.05) is 11.9 Å². The molecule has 5 nitrogen and oxygen atoms in total. The van der Waals surface area contributed by atoms with Crippen LogP contribution < -0.4 is 11.1 Å². The van der Waals surface area contributed by atoms with E-state index in [0.717, 1.165) is 0 Å². The number of ether oxygens (including phenoxy) is 1. The van der Waals surface area contributed by atoms with Crippen molar-refractivity contribution in [3.63, 3.8) is 0 Å². The molecule has 0 heterocycles. The van der Waals surface area contributed by atoms with Crippen LogP contribution in [0.4, 0.5) is 5.69 Å². The molecule has 5 heteroatoms. The summed E-state index contributed by atoms with van der Waals surface area (Å²) < 4.78 is 4.95. The predicted molar refractivity (Wildman–Crippen MR) is 64.7 cm³/mol. The second-order valence-corrected chi connectivity index (χ2v) is 3.80. The molecule has 1 aromatic carbocycles. The van der Waals surface area contributed by atoms with E-state index < -0.39 is 5.91 Å². The molecule has 0 aliphatic carbocycles. The number of anilines is 1. The average molecular weight is 236 g/mol. The van der Waals surface area contributed by atoms with E-state index in [0.29, 0.717) is 11.3 Å². The molecule has 0 aromatic heterocycles. The van der Waals surface area contributed by atoms with Gasteiger partial charge in [-0.05, 0) is 26.0 Å². The first kappa shape index (κ1) is 13.0. The Morgan fingerprint density at radius 1 is 1.35 bits per heavy atom. The van der Waals surface area contributed by atoms with E-state index >= 15 is 0 Å². The van der Waals surface area contributed by atoms with Gasteiger partial charge >= 0.3 is 5.97 Å². The van der Waals surface area contributed by atoms with Crippen LogP contribution in [0.15, 0.2) is 24.3 Å². The van der Waals surface area contributed by atoms with E-state index in [-0.39, 0.29) is 18.6 Å². The molecule has 1 rings (SSSR count). The Balaban J connectivity index is 2.63. The van der Waals surface area contributed by atoms with Gasteiger partial charge in [0, 0.05) is 5.69 Å². The van der Waals surface area contributed by atoms with Gasteiger partial charge < -0.3 is 15.8 Å². The van der Waals surface area contributed by atoms with Crippen molar-refractivity contribution in [1.29, 1.82) is 0 Å². The number of para-hydroxylation sites is 1. The summed E-state index contributed by atoms with van der Waals surface area (Å²) in [5.74, 6) is -0.912. The van der Waals surface area contributed by atoms with Crippen molar-refractivity contribution < 1.29 is 14.3 Å². The highest BCUT2D eigenvalue weighted by Gasteiger charge is 2.09. The highest BCUT2D eigenvalue weighted by atomic mass is 16.5. The van der Waals surface area contributed by atoms with Crippen LogP contribution >= 0.6 is 0 Å². The molecule has 0 aliphatic heterocycles. The van der Waals surface area contributed by atoms with Crippen molar-refractivity contribution in [3.05, 3.63) is 29.8 Å². The smallest absolute Gasteiger partial charge is 0.325 e. The summed E-state index contributed by atoms with van der Waals surface area (Å²) >= 11 is 0. The third-order valence-corrected chi connectivity index (χ3v) is 1.98. The summed E-state index contributed by atoms with van der Waals surface area (Å²) in [6.07, 6.45) is -0.157. The minimum absolute atomic E-state index is 0.00245. The third-order valence-electron chi connectivity index (χ3n) is 1.98. The summed E-state index contributed by atoms with van der Waals surface area (Å²) in [6.45, 7) is 3.55. The van der Waals surface area contributed by atoms with Gasteiger partial charge in [-0.15, -0.1) is 0 Å². The molecule has 1 amide bonds. The van der Waals surface area contributed by atoms with Crippen molar-refractivity contribution in [1.82, 2.24) is 0 Å². The SMILES string of the molecule is CC(C)OC(=O)CNc1ccccc1C(N)=O. The van der Waals surface area contributed by atoms with Gasteiger partial charge in [0.25, 0.3) is 5.91 Å². The van der Waals surface area contributed by atoms with Crippen molar-refractivity contribution >= 4 is 17.6 Å². The van der Waals surface area contributed by atoms with Gasteiger partial charge in [-0.3, -0.25) is 9.59 Å². The lowest BCUT2D eigenvalue weighted by atomic mass is 10.1. The predicted octanol–water partition coefficient (Wildman–Crippen LogP) is 1.15. The first-order valence-corrected chi connectivity index (χ1v) is 5.33. The molecule has 0 saturated heterocycles. The molecular weight excluding hydrogens is 220 g/mol. The fourth-order valence-electron chi connectivity index (χ4n) is 1.32. The first-order chi connectivity index (χ1) is 8.00. The van der Waals surface area contributed by atoms with Crippen molar-refractivity contribution in [2.45, 2.75) is 20.0 Å². The lowest BCUT2D eigenvalue weighted by Gasteiger charge is -2.11. The number of esters is 1. The zero-order chi connectivity index (χ0) is 12.8. The van der Waals surface area contributed by atoms with Crippen LogP contribution in [0.1, 0.15) is 24.2 Å². The van der Waals surface area contributed by atoms with E-state index in [4.69, 9.17) is 10.5 Å². The number of primary amides is 1. The minimum Gasteiger partial charge on any atom is -0.462 e. The molecule has 3 N–H and O–H groups in total. The van der Waals surface area contributed by atoms with Gasteiger partial charge in [0.15, 0.2) is 0 Å². The minimum atomic E-state index is -0.537. The number of carbonyl (C=O) groups excluding carboxylic acids is 2. The van der Waals surface area contributed by atoms with Crippen molar-refractivity contribution in [3.8, 4) is 0 Å². The second kappa shape index (κ2) is 5.89. The summed E-state index contributed by atoms with van der Waals surface area (Å²) in [4.78, 5) is 22.4. The zero-order valence-electron chi connectivity index (χ0n) is 9.90. The molecule has 0 aliphatic rings. The number of rotatable bonds is 5. The molecule has 0 radical (unpaired) electrons. The number of nitrogens with one attached hydrogen (secondary N) is 1. The summed E-state index contributed by atoms with van der Waals surface area (Å²) in [5.41, 5.74) is 6.09. The van der Waals surface area contributed by atoms with Crippen LogP contribution in [0.3, 0.4) is 0 Å². The summed E-state index contributed by atoms with van der Waals surface area (Å²) in [7, 11) is 0. The van der Waals surface area contributed by atoms with Crippen molar-refractivity contribution in [2.24, 2.45) is 5.73 Å². The highest BCUT2D eigenvalue weighted by molar-refractivity contribution is 5.98. The Labute approximate surface area is 99.9 Å². The lowest BCUT2D eigenvalue weighted by molar-refractivity contribution is -0.145. The Morgan fingerprint density at radius 3 is 2.59 bits per heavy atom. The van der Waals surface area contributed by atoms with Crippen LogP contribution in [0.2, 0.25) is 0 Å².